The van der Waals surface area contributed by atoms with Crippen LogP contribution in [0.15, 0.2) is 71.8 Å². The first-order chi connectivity index (χ1) is 12.1. The molecule has 0 N–H and O–H groups in total. The predicted octanol–water partition coefficient (Wildman–Crippen LogP) is 3.83. The minimum Gasteiger partial charge on any atom is -0.310 e. The highest BCUT2D eigenvalue weighted by Crippen LogP contribution is 2.26. The number of rotatable bonds is 3. The average molecular weight is 329 g/mol. The summed E-state index contributed by atoms with van der Waals surface area (Å²) in [7, 11) is 0. The van der Waals surface area contributed by atoms with Gasteiger partial charge in [0.25, 0.3) is 5.56 Å². The summed E-state index contributed by atoms with van der Waals surface area (Å²) in [5.41, 5.74) is 6.23. The first kappa shape index (κ1) is 15.4. The van der Waals surface area contributed by atoms with Gasteiger partial charge in [0.2, 0.25) is 0 Å². The van der Waals surface area contributed by atoms with E-state index in [0.29, 0.717) is 6.54 Å². The second-order valence-electron chi connectivity index (χ2n) is 6.37. The minimum absolute atomic E-state index is 0.0139. The number of aromatic nitrogens is 3. The van der Waals surface area contributed by atoms with Crippen LogP contribution in [0.2, 0.25) is 0 Å². The Labute approximate surface area is 146 Å². The molecular formula is C21H19N3O. The molecule has 0 spiro atoms. The van der Waals surface area contributed by atoms with Crippen molar-refractivity contribution in [2.45, 2.75) is 20.4 Å². The third-order valence-corrected chi connectivity index (χ3v) is 4.41. The van der Waals surface area contributed by atoms with Crippen LogP contribution in [0.25, 0.3) is 16.9 Å². The minimum atomic E-state index is -0.0139. The second kappa shape index (κ2) is 6.06. The van der Waals surface area contributed by atoms with Gasteiger partial charge in [0.15, 0.2) is 0 Å². The summed E-state index contributed by atoms with van der Waals surface area (Å²) in [6.07, 6.45) is 3.89. The monoisotopic (exact) mass is 329 g/mol. The van der Waals surface area contributed by atoms with E-state index in [-0.39, 0.29) is 5.56 Å². The third-order valence-electron chi connectivity index (χ3n) is 4.41. The number of benzene rings is 1. The molecule has 0 unspecified atom stereocenters. The highest BCUT2D eigenvalue weighted by Gasteiger charge is 2.15. The van der Waals surface area contributed by atoms with Gasteiger partial charge in [-0.05, 0) is 31.5 Å². The van der Waals surface area contributed by atoms with E-state index < -0.39 is 0 Å². The maximum absolute atomic E-state index is 12.2. The van der Waals surface area contributed by atoms with E-state index in [1.165, 1.54) is 5.56 Å². The van der Waals surface area contributed by atoms with E-state index in [2.05, 4.69) is 54.8 Å². The summed E-state index contributed by atoms with van der Waals surface area (Å²) < 4.78 is 3.80. The predicted molar refractivity (Wildman–Crippen MR) is 99.9 cm³/mol. The van der Waals surface area contributed by atoms with Crippen molar-refractivity contribution in [3.63, 3.8) is 0 Å². The van der Waals surface area contributed by atoms with Gasteiger partial charge in [-0.3, -0.25) is 4.79 Å². The molecule has 3 heterocycles. The fourth-order valence-electron chi connectivity index (χ4n) is 3.05. The van der Waals surface area contributed by atoms with Gasteiger partial charge in [-0.25, -0.2) is 4.98 Å². The van der Waals surface area contributed by atoms with Gasteiger partial charge in [-0.1, -0.05) is 42.0 Å². The molecule has 0 saturated heterocycles. The first-order valence-corrected chi connectivity index (χ1v) is 8.32. The Bertz CT molecular complexity index is 1100. The lowest BCUT2D eigenvalue weighted by Gasteiger charge is -2.09. The summed E-state index contributed by atoms with van der Waals surface area (Å²) in [4.78, 5) is 17.0. The first-order valence-electron chi connectivity index (χ1n) is 8.32. The topological polar surface area (TPSA) is 39.3 Å². The number of nitrogens with zero attached hydrogens (tertiary/aromatic N) is 3. The van der Waals surface area contributed by atoms with E-state index in [9.17, 15) is 4.79 Å². The quantitative estimate of drug-likeness (QED) is 0.573. The van der Waals surface area contributed by atoms with Gasteiger partial charge in [-0.15, -0.1) is 0 Å². The van der Waals surface area contributed by atoms with Crippen molar-refractivity contribution < 1.29 is 0 Å². The normalized spacial score (nSPS) is 11.1. The number of aryl methyl sites for hydroxylation is 2. The Morgan fingerprint density at radius 3 is 2.44 bits per heavy atom. The molecule has 0 fully saturated rings. The lowest BCUT2D eigenvalue weighted by molar-refractivity contribution is 0.734. The van der Waals surface area contributed by atoms with Crippen molar-refractivity contribution >= 4 is 5.65 Å². The fourth-order valence-corrected chi connectivity index (χ4v) is 3.05. The van der Waals surface area contributed by atoms with Crippen molar-refractivity contribution in [2.24, 2.45) is 0 Å². The van der Waals surface area contributed by atoms with Crippen LogP contribution in [0, 0.1) is 13.8 Å². The maximum atomic E-state index is 12.2. The zero-order valence-corrected chi connectivity index (χ0v) is 14.3. The molecule has 124 valence electrons. The zero-order valence-electron chi connectivity index (χ0n) is 14.3. The van der Waals surface area contributed by atoms with Gasteiger partial charge >= 0.3 is 0 Å². The highest BCUT2D eigenvalue weighted by atomic mass is 16.1. The summed E-state index contributed by atoms with van der Waals surface area (Å²) in [5.74, 6) is 0. The molecule has 0 aliphatic heterocycles. The van der Waals surface area contributed by atoms with Crippen molar-refractivity contribution in [1.82, 2.24) is 14.0 Å². The number of fused-ring (bicyclic) bond motifs is 1. The standard InChI is InChI=1S/C21H19N3O/c1-15-6-9-17(10-7-15)21-18(14-23-12-4-3-5-20(23)25)24-13-16(2)8-11-19(24)22-21/h3-13H,14H2,1-2H3. The largest absolute Gasteiger partial charge is 0.310 e. The molecule has 3 aromatic heterocycles. The van der Waals surface area contributed by atoms with Crippen LogP contribution in [-0.4, -0.2) is 14.0 Å². The molecule has 0 radical (unpaired) electrons. The highest BCUT2D eigenvalue weighted by molar-refractivity contribution is 5.67. The summed E-state index contributed by atoms with van der Waals surface area (Å²) in [5, 5.41) is 0. The van der Waals surface area contributed by atoms with Crippen molar-refractivity contribution in [1.29, 1.82) is 0 Å². The van der Waals surface area contributed by atoms with Crippen molar-refractivity contribution in [3.8, 4) is 11.3 Å². The summed E-state index contributed by atoms with van der Waals surface area (Å²) in [6, 6.07) is 17.6. The molecule has 25 heavy (non-hydrogen) atoms. The van der Waals surface area contributed by atoms with Crippen LogP contribution in [-0.2, 0) is 6.54 Å². The van der Waals surface area contributed by atoms with Gasteiger partial charge in [-0.2, -0.15) is 0 Å². The average Bonchev–Trinajstić information content (AvgIpc) is 2.95. The van der Waals surface area contributed by atoms with Crippen LogP contribution in [0.4, 0.5) is 0 Å². The molecule has 0 aliphatic rings. The molecular weight excluding hydrogens is 310 g/mol. The number of hydrogen-bond acceptors (Lipinski definition) is 2. The van der Waals surface area contributed by atoms with Crippen LogP contribution < -0.4 is 5.56 Å². The maximum Gasteiger partial charge on any atom is 0.250 e. The molecule has 4 nitrogen and oxygen atoms in total. The lowest BCUT2D eigenvalue weighted by Crippen LogP contribution is -2.19. The van der Waals surface area contributed by atoms with Crippen LogP contribution in [0.1, 0.15) is 16.8 Å². The smallest absolute Gasteiger partial charge is 0.250 e. The lowest BCUT2D eigenvalue weighted by atomic mass is 10.1. The Kier molecular flexibility index (Phi) is 3.73. The Morgan fingerprint density at radius 1 is 0.920 bits per heavy atom. The van der Waals surface area contributed by atoms with Crippen LogP contribution in [0.3, 0.4) is 0 Å². The molecule has 0 aliphatic carbocycles. The molecule has 1 aromatic carbocycles. The van der Waals surface area contributed by atoms with Crippen LogP contribution in [0.5, 0.6) is 0 Å². The number of imidazole rings is 1. The molecule has 0 bridgehead atoms. The summed E-state index contributed by atoms with van der Waals surface area (Å²) in [6.45, 7) is 4.61. The Balaban J connectivity index is 1.94. The van der Waals surface area contributed by atoms with Crippen molar-refractivity contribution in [3.05, 3.63) is 94.2 Å². The van der Waals surface area contributed by atoms with Gasteiger partial charge in [0, 0.05) is 24.0 Å². The van der Waals surface area contributed by atoms with Gasteiger partial charge < -0.3 is 8.97 Å². The Hall–Kier alpha value is -3.14. The Morgan fingerprint density at radius 2 is 1.68 bits per heavy atom. The summed E-state index contributed by atoms with van der Waals surface area (Å²) >= 11 is 0. The number of hydrogen-bond donors (Lipinski definition) is 0. The SMILES string of the molecule is Cc1ccc(-c2nc3ccc(C)cn3c2Cn2ccccc2=O)cc1. The number of pyridine rings is 2. The third kappa shape index (κ3) is 2.87. The molecule has 0 atom stereocenters. The van der Waals surface area contributed by atoms with Crippen molar-refractivity contribution in [2.75, 3.05) is 0 Å². The molecule has 0 saturated carbocycles. The van der Waals surface area contributed by atoms with Gasteiger partial charge in [0.1, 0.15) is 5.65 Å². The van der Waals surface area contributed by atoms with Gasteiger partial charge in [0.05, 0.1) is 17.9 Å². The molecule has 4 heteroatoms. The van der Waals surface area contributed by atoms with E-state index in [1.54, 1.807) is 16.7 Å². The zero-order chi connectivity index (χ0) is 17.4. The molecule has 0 amide bonds. The van der Waals surface area contributed by atoms with Crippen LogP contribution >= 0.6 is 0 Å². The fraction of sp³-hybridized carbons (Fsp3) is 0.143. The molecule has 4 aromatic rings. The van der Waals surface area contributed by atoms with E-state index in [1.807, 2.05) is 18.3 Å². The van der Waals surface area contributed by atoms with E-state index in [4.69, 9.17) is 4.98 Å². The molecule has 4 rings (SSSR count). The van der Waals surface area contributed by atoms with E-state index >= 15 is 0 Å². The second-order valence-corrected chi connectivity index (χ2v) is 6.37. The van der Waals surface area contributed by atoms with E-state index in [0.717, 1.165) is 28.2 Å².